The fraction of sp³-hybridized carbons (Fsp3) is 0.850. The highest BCUT2D eigenvalue weighted by Crippen LogP contribution is 2.19. The molecular formula is C20H36O8. The van der Waals surface area contributed by atoms with E-state index in [0.717, 1.165) is 19.3 Å². The first kappa shape index (κ1) is 26.3. The SMILES string of the molecule is CCCCCCCCCCCCOC(=O)CC(O)(CC(=O)O)C(=O)OOCC. The Morgan fingerprint density at radius 2 is 1.36 bits per heavy atom. The Labute approximate surface area is 167 Å². The second-order valence-electron chi connectivity index (χ2n) is 6.96. The molecular weight excluding hydrogens is 368 g/mol. The van der Waals surface area contributed by atoms with Crippen molar-refractivity contribution in [2.45, 2.75) is 96.5 Å². The number of aliphatic hydroxyl groups is 1. The lowest BCUT2D eigenvalue weighted by Crippen LogP contribution is -2.44. The van der Waals surface area contributed by atoms with E-state index >= 15 is 0 Å². The van der Waals surface area contributed by atoms with Crippen molar-refractivity contribution in [1.29, 1.82) is 0 Å². The van der Waals surface area contributed by atoms with Gasteiger partial charge in [-0.3, -0.25) is 14.5 Å². The Bertz CT molecular complexity index is 451. The van der Waals surface area contributed by atoms with E-state index in [4.69, 9.17) is 9.84 Å². The summed E-state index contributed by atoms with van der Waals surface area (Å²) >= 11 is 0. The number of hydrogen-bond donors (Lipinski definition) is 2. The molecule has 0 fully saturated rings. The third-order valence-corrected chi connectivity index (χ3v) is 4.27. The lowest BCUT2D eigenvalue weighted by atomic mass is 9.96. The Morgan fingerprint density at radius 1 is 0.821 bits per heavy atom. The van der Waals surface area contributed by atoms with Crippen LogP contribution >= 0.6 is 0 Å². The molecule has 0 aliphatic rings. The maximum absolute atomic E-state index is 11.9. The maximum atomic E-state index is 11.9. The molecule has 0 spiro atoms. The van der Waals surface area contributed by atoms with Crippen LogP contribution in [0.1, 0.15) is 90.9 Å². The highest BCUT2D eigenvalue weighted by atomic mass is 17.2. The third kappa shape index (κ3) is 13.5. The fourth-order valence-corrected chi connectivity index (χ4v) is 2.71. The van der Waals surface area contributed by atoms with Crippen LogP contribution in [0.2, 0.25) is 0 Å². The molecule has 0 bridgehead atoms. The second-order valence-corrected chi connectivity index (χ2v) is 6.96. The van der Waals surface area contributed by atoms with E-state index in [-0.39, 0.29) is 13.2 Å². The van der Waals surface area contributed by atoms with Gasteiger partial charge in [0.1, 0.15) is 0 Å². The van der Waals surface area contributed by atoms with Crippen LogP contribution in [0, 0.1) is 0 Å². The summed E-state index contributed by atoms with van der Waals surface area (Å²) in [5, 5.41) is 19.0. The van der Waals surface area contributed by atoms with Gasteiger partial charge in [-0.15, -0.1) is 0 Å². The normalized spacial score (nSPS) is 13.0. The molecule has 0 aromatic rings. The number of rotatable bonds is 18. The first-order chi connectivity index (χ1) is 13.4. The number of carboxylic acids is 1. The minimum atomic E-state index is -2.52. The number of carbonyl (C=O) groups excluding carboxylic acids is 2. The van der Waals surface area contributed by atoms with Gasteiger partial charge in [0.05, 0.1) is 26.1 Å². The van der Waals surface area contributed by atoms with Crippen LogP contribution in [0.25, 0.3) is 0 Å². The summed E-state index contributed by atoms with van der Waals surface area (Å²) in [4.78, 5) is 43.2. The van der Waals surface area contributed by atoms with Crippen molar-refractivity contribution in [3.8, 4) is 0 Å². The zero-order chi connectivity index (χ0) is 21.3. The molecule has 28 heavy (non-hydrogen) atoms. The summed E-state index contributed by atoms with van der Waals surface area (Å²) in [6.45, 7) is 3.94. The van der Waals surface area contributed by atoms with E-state index in [1.54, 1.807) is 6.92 Å². The van der Waals surface area contributed by atoms with Crippen molar-refractivity contribution >= 4 is 17.9 Å². The molecule has 0 rings (SSSR count). The number of unbranched alkanes of at least 4 members (excludes halogenated alkanes) is 9. The van der Waals surface area contributed by atoms with Gasteiger partial charge in [0.25, 0.3) is 0 Å². The number of carboxylic acid groups (broad SMARTS) is 1. The first-order valence-corrected chi connectivity index (χ1v) is 10.3. The lowest BCUT2D eigenvalue weighted by Gasteiger charge is -2.22. The van der Waals surface area contributed by atoms with Gasteiger partial charge >= 0.3 is 17.9 Å². The maximum Gasteiger partial charge on any atom is 0.374 e. The van der Waals surface area contributed by atoms with Crippen LogP contribution in [-0.2, 0) is 28.9 Å². The molecule has 164 valence electrons. The molecule has 0 aromatic heterocycles. The first-order valence-electron chi connectivity index (χ1n) is 10.3. The summed E-state index contributed by atoms with van der Waals surface area (Å²) in [5.74, 6) is -3.63. The van der Waals surface area contributed by atoms with Gasteiger partial charge in [-0.05, 0) is 13.3 Å². The van der Waals surface area contributed by atoms with Crippen molar-refractivity contribution in [2.24, 2.45) is 0 Å². The topological polar surface area (TPSA) is 119 Å². The third-order valence-electron chi connectivity index (χ3n) is 4.27. The van der Waals surface area contributed by atoms with E-state index in [2.05, 4.69) is 16.7 Å². The highest BCUT2D eigenvalue weighted by Gasteiger charge is 2.43. The van der Waals surface area contributed by atoms with E-state index in [1.807, 2.05) is 0 Å². The monoisotopic (exact) mass is 404 g/mol. The van der Waals surface area contributed by atoms with Crippen molar-refractivity contribution < 1.29 is 39.1 Å². The van der Waals surface area contributed by atoms with Gasteiger partial charge in [-0.25, -0.2) is 4.79 Å². The molecule has 1 atom stereocenters. The van der Waals surface area contributed by atoms with Crippen LogP contribution in [0.15, 0.2) is 0 Å². The zero-order valence-corrected chi connectivity index (χ0v) is 17.2. The lowest BCUT2D eigenvalue weighted by molar-refractivity contribution is -0.283. The molecule has 0 radical (unpaired) electrons. The van der Waals surface area contributed by atoms with Crippen LogP contribution in [0.3, 0.4) is 0 Å². The molecule has 8 nitrogen and oxygen atoms in total. The predicted molar refractivity (Wildman–Crippen MR) is 102 cm³/mol. The molecule has 0 aliphatic carbocycles. The summed E-state index contributed by atoms with van der Waals surface area (Å²) in [6, 6.07) is 0. The largest absolute Gasteiger partial charge is 0.481 e. The Balaban J connectivity index is 3.99. The van der Waals surface area contributed by atoms with Crippen molar-refractivity contribution in [1.82, 2.24) is 0 Å². The Morgan fingerprint density at radius 3 is 1.86 bits per heavy atom. The Kier molecular flexibility index (Phi) is 15.3. The quantitative estimate of drug-likeness (QED) is 0.154. The fourth-order valence-electron chi connectivity index (χ4n) is 2.71. The van der Waals surface area contributed by atoms with Gasteiger partial charge < -0.3 is 14.9 Å². The molecule has 0 aromatic carbocycles. The van der Waals surface area contributed by atoms with Crippen LogP contribution in [0.5, 0.6) is 0 Å². The molecule has 0 saturated carbocycles. The predicted octanol–water partition coefficient (Wildman–Crippen LogP) is 3.54. The van der Waals surface area contributed by atoms with Crippen molar-refractivity contribution in [2.75, 3.05) is 13.2 Å². The minimum absolute atomic E-state index is 0.0259. The van der Waals surface area contributed by atoms with Gasteiger partial charge in [0, 0.05) is 0 Å². The van der Waals surface area contributed by atoms with E-state index in [1.165, 1.54) is 38.5 Å². The van der Waals surface area contributed by atoms with Crippen LogP contribution in [-0.4, -0.2) is 46.9 Å². The van der Waals surface area contributed by atoms with Gasteiger partial charge in [0.15, 0.2) is 5.60 Å². The number of hydrogen-bond acceptors (Lipinski definition) is 7. The Hall–Kier alpha value is -1.67. The molecule has 1 unspecified atom stereocenters. The summed E-state index contributed by atoms with van der Waals surface area (Å²) in [6.07, 6.45) is 9.66. The standard InChI is InChI=1S/C20H36O8/c1-3-5-6-7-8-9-10-11-12-13-14-26-18(23)16-20(25,15-17(21)22)19(24)28-27-4-2/h25H,3-16H2,1-2H3,(H,21,22). The van der Waals surface area contributed by atoms with E-state index in [9.17, 15) is 19.5 Å². The summed E-state index contributed by atoms with van der Waals surface area (Å²) < 4.78 is 5.01. The smallest absolute Gasteiger partial charge is 0.374 e. The van der Waals surface area contributed by atoms with E-state index < -0.39 is 36.4 Å². The van der Waals surface area contributed by atoms with Crippen molar-refractivity contribution in [3.05, 3.63) is 0 Å². The molecule has 0 amide bonds. The molecule has 2 N–H and O–H groups in total. The molecule has 0 heterocycles. The van der Waals surface area contributed by atoms with Crippen LogP contribution < -0.4 is 0 Å². The molecule has 8 heteroatoms. The zero-order valence-electron chi connectivity index (χ0n) is 17.2. The average molecular weight is 405 g/mol. The minimum Gasteiger partial charge on any atom is -0.481 e. The average Bonchev–Trinajstić information content (AvgIpc) is 2.63. The summed E-state index contributed by atoms with van der Waals surface area (Å²) in [5.41, 5.74) is -2.52. The summed E-state index contributed by atoms with van der Waals surface area (Å²) in [7, 11) is 0. The molecule has 0 saturated heterocycles. The van der Waals surface area contributed by atoms with Gasteiger partial charge in [0.2, 0.25) is 0 Å². The van der Waals surface area contributed by atoms with Crippen molar-refractivity contribution in [3.63, 3.8) is 0 Å². The molecule has 0 aliphatic heterocycles. The number of carbonyl (C=O) groups is 3. The number of esters is 1. The van der Waals surface area contributed by atoms with Gasteiger partial charge in [-0.1, -0.05) is 64.7 Å². The number of aliphatic carboxylic acids is 1. The highest BCUT2D eigenvalue weighted by molar-refractivity contribution is 5.89. The number of ether oxygens (including phenoxy) is 1. The van der Waals surface area contributed by atoms with E-state index in [0.29, 0.717) is 6.42 Å². The van der Waals surface area contributed by atoms with Gasteiger partial charge in [-0.2, -0.15) is 4.89 Å². The second kappa shape index (κ2) is 16.3. The van der Waals surface area contributed by atoms with Crippen LogP contribution in [0.4, 0.5) is 0 Å².